The second-order valence-corrected chi connectivity index (χ2v) is 4.95. The van der Waals surface area contributed by atoms with Gasteiger partial charge in [-0.2, -0.15) is 0 Å². The second-order valence-electron chi connectivity index (χ2n) is 3.99. The third-order valence-corrected chi connectivity index (χ3v) is 3.70. The van der Waals surface area contributed by atoms with Crippen molar-refractivity contribution in [3.8, 4) is 5.75 Å². The van der Waals surface area contributed by atoms with E-state index in [0.29, 0.717) is 5.56 Å². The highest BCUT2D eigenvalue weighted by atomic mass is 32.2. The van der Waals surface area contributed by atoms with Crippen molar-refractivity contribution >= 4 is 22.7 Å². The maximum atomic E-state index is 11.4. The number of Topliss-reactive ketones (excluding diaryl/α,β-unsaturated/α-hetero) is 1. The summed E-state index contributed by atoms with van der Waals surface area (Å²) in [5, 5.41) is 4.17. The summed E-state index contributed by atoms with van der Waals surface area (Å²) in [6.45, 7) is 3.32. The van der Waals surface area contributed by atoms with Crippen LogP contribution in [0.1, 0.15) is 22.8 Å². The van der Waals surface area contributed by atoms with Gasteiger partial charge in [-0.15, -0.1) is 0 Å². The number of nitrogens with zero attached hydrogens (tertiary/aromatic N) is 1. The minimum Gasteiger partial charge on any atom is -0.496 e. The molecule has 0 saturated heterocycles. The smallest absolute Gasteiger partial charge is 0.159 e. The normalized spacial score (nSPS) is 14.0. The van der Waals surface area contributed by atoms with Crippen LogP contribution in [0.25, 0.3) is 0 Å². The van der Waals surface area contributed by atoms with Gasteiger partial charge >= 0.3 is 0 Å². The SMILES string of the molecule is COc1ccc(C(C)=O)cc1CSC1=NCCN1. The number of aliphatic imine (C=N–C) groups is 1. The van der Waals surface area contributed by atoms with Crippen molar-refractivity contribution in [1.82, 2.24) is 5.32 Å². The number of rotatable bonds is 4. The molecule has 0 unspecified atom stereocenters. The van der Waals surface area contributed by atoms with E-state index in [1.807, 2.05) is 12.1 Å². The lowest BCUT2D eigenvalue weighted by molar-refractivity contribution is 0.101. The Morgan fingerprint density at radius 3 is 3.00 bits per heavy atom. The number of benzene rings is 1. The summed E-state index contributed by atoms with van der Waals surface area (Å²) < 4.78 is 5.31. The highest BCUT2D eigenvalue weighted by Crippen LogP contribution is 2.25. The maximum absolute atomic E-state index is 11.4. The van der Waals surface area contributed by atoms with Crippen LogP contribution in [0.2, 0.25) is 0 Å². The zero-order valence-corrected chi connectivity index (χ0v) is 11.3. The van der Waals surface area contributed by atoms with Crippen LogP contribution in [0, 0.1) is 0 Å². The van der Waals surface area contributed by atoms with Gasteiger partial charge in [0.1, 0.15) is 5.75 Å². The lowest BCUT2D eigenvalue weighted by Crippen LogP contribution is -2.15. The molecule has 1 aliphatic rings. The van der Waals surface area contributed by atoms with E-state index < -0.39 is 0 Å². The van der Waals surface area contributed by atoms with Crippen molar-refractivity contribution < 1.29 is 9.53 Å². The fourth-order valence-corrected chi connectivity index (χ4v) is 2.63. The number of nitrogens with one attached hydrogen (secondary N) is 1. The van der Waals surface area contributed by atoms with Gasteiger partial charge in [-0.25, -0.2) is 0 Å². The van der Waals surface area contributed by atoms with Crippen molar-refractivity contribution in [2.24, 2.45) is 4.99 Å². The molecule has 18 heavy (non-hydrogen) atoms. The Labute approximate surface area is 111 Å². The number of hydrogen-bond donors (Lipinski definition) is 1. The number of hydrogen-bond acceptors (Lipinski definition) is 5. The quantitative estimate of drug-likeness (QED) is 0.846. The minimum atomic E-state index is 0.0697. The van der Waals surface area contributed by atoms with E-state index >= 15 is 0 Å². The minimum absolute atomic E-state index is 0.0697. The largest absolute Gasteiger partial charge is 0.496 e. The molecule has 0 fully saturated rings. The highest BCUT2D eigenvalue weighted by Gasteiger charge is 2.10. The van der Waals surface area contributed by atoms with Crippen LogP contribution >= 0.6 is 11.8 Å². The predicted octanol–water partition coefficient (Wildman–Crippen LogP) is 2.09. The van der Waals surface area contributed by atoms with Gasteiger partial charge in [0.25, 0.3) is 0 Å². The fraction of sp³-hybridized carbons (Fsp3) is 0.385. The van der Waals surface area contributed by atoms with E-state index in [-0.39, 0.29) is 5.78 Å². The summed E-state index contributed by atoms with van der Waals surface area (Å²) >= 11 is 1.63. The van der Waals surface area contributed by atoms with E-state index in [2.05, 4.69) is 10.3 Å². The number of ether oxygens (including phenoxy) is 1. The Hall–Kier alpha value is -1.49. The zero-order valence-electron chi connectivity index (χ0n) is 10.5. The monoisotopic (exact) mass is 264 g/mol. The first kappa shape index (κ1) is 13.0. The zero-order chi connectivity index (χ0) is 13.0. The van der Waals surface area contributed by atoms with Crippen molar-refractivity contribution in [3.63, 3.8) is 0 Å². The number of amidine groups is 1. The van der Waals surface area contributed by atoms with Gasteiger partial charge in [0.2, 0.25) is 0 Å². The van der Waals surface area contributed by atoms with Gasteiger partial charge in [-0.3, -0.25) is 9.79 Å². The molecule has 5 heteroatoms. The molecular formula is C13H16N2O2S. The van der Waals surface area contributed by atoms with Crippen molar-refractivity contribution in [3.05, 3.63) is 29.3 Å². The summed E-state index contributed by atoms with van der Waals surface area (Å²) in [7, 11) is 1.64. The molecule has 1 N–H and O–H groups in total. The van der Waals surface area contributed by atoms with Crippen molar-refractivity contribution in [2.75, 3.05) is 20.2 Å². The van der Waals surface area contributed by atoms with Gasteiger partial charge in [-0.1, -0.05) is 11.8 Å². The third-order valence-electron chi connectivity index (χ3n) is 2.69. The van der Waals surface area contributed by atoms with Crippen LogP contribution in [-0.4, -0.2) is 31.2 Å². The molecule has 0 aliphatic carbocycles. The molecule has 96 valence electrons. The van der Waals surface area contributed by atoms with E-state index in [1.165, 1.54) is 0 Å². The van der Waals surface area contributed by atoms with Gasteiger partial charge in [0.05, 0.1) is 13.7 Å². The molecule has 0 spiro atoms. The molecule has 0 aromatic heterocycles. The summed E-state index contributed by atoms with van der Waals surface area (Å²) in [5.74, 6) is 1.63. The first-order chi connectivity index (χ1) is 8.70. The van der Waals surface area contributed by atoms with Crippen LogP contribution in [-0.2, 0) is 5.75 Å². The van der Waals surface area contributed by atoms with Crippen LogP contribution in [0.3, 0.4) is 0 Å². The molecule has 0 atom stereocenters. The number of carbonyl (C=O) groups excluding carboxylic acids is 1. The molecule has 0 amide bonds. The van der Waals surface area contributed by atoms with E-state index in [9.17, 15) is 4.79 Å². The van der Waals surface area contributed by atoms with E-state index in [4.69, 9.17) is 4.74 Å². The molecule has 1 aromatic rings. The lowest BCUT2D eigenvalue weighted by Gasteiger charge is -2.09. The molecule has 1 aliphatic heterocycles. The summed E-state index contributed by atoms with van der Waals surface area (Å²) in [5.41, 5.74) is 1.74. The van der Waals surface area contributed by atoms with Gasteiger partial charge in [-0.05, 0) is 25.1 Å². The maximum Gasteiger partial charge on any atom is 0.159 e. The first-order valence-corrected chi connectivity index (χ1v) is 6.78. The molecule has 1 heterocycles. The topological polar surface area (TPSA) is 50.7 Å². The number of carbonyl (C=O) groups is 1. The molecule has 1 aromatic carbocycles. The van der Waals surface area contributed by atoms with Gasteiger partial charge < -0.3 is 10.1 Å². The molecule has 4 nitrogen and oxygen atoms in total. The standard InChI is InChI=1S/C13H16N2O2S/c1-9(16)10-3-4-12(17-2)11(7-10)8-18-13-14-5-6-15-13/h3-4,7H,5-6,8H2,1-2H3,(H,14,15). The Bertz CT molecular complexity index is 486. The highest BCUT2D eigenvalue weighted by molar-refractivity contribution is 8.13. The molecule has 0 saturated carbocycles. The molecule has 2 rings (SSSR count). The third kappa shape index (κ3) is 3.04. The summed E-state index contributed by atoms with van der Waals surface area (Å²) in [4.78, 5) is 15.7. The Morgan fingerprint density at radius 1 is 1.56 bits per heavy atom. The number of ketones is 1. The predicted molar refractivity (Wildman–Crippen MR) is 74.6 cm³/mol. The van der Waals surface area contributed by atoms with E-state index in [1.54, 1.807) is 31.9 Å². The van der Waals surface area contributed by atoms with Crippen LogP contribution in [0.4, 0.5) is 0 Å². The fourth-order valence-electron chi connectivity index (χ4n) is 1.73. The Morgan fingerprint density at radius 2 is 2.39 bits per heavy atom. The number of methoxy groups -OCH3 is 1. The summed E-state index contributed by atoms with van der Waals surface area (Å²) in [6.07, 6.45) is 0. The van der Waals surface area contributed by atoms with E-state index in [0.717, 1.165) is 35.3 Å². The van der Waals surface area contributed by atoms with Crippen LogP contribution in [0.5, 0.6) is 5.75 Å². The Balaban J connectivity index is 2.13. The lowest BCUT2D eigenvalue weighted by atomic mass is 10.1. The van der Waals surface area contributed by atoms with Crippen LogP contribution < -0.4 is 10.1 Å². The van der Waals surface area contributed by atoms with Gasteiger partial charge in [0, 0.05) is 23.4 Å². The molecular weight excluding hydrogens is 248 g/mol. The molecule has 0 radical (unpaired) electrons. The van der Waals surface area contributed by atoms with Crippen molar-refractivity contribution in [1.29, 1.82) is 0 Å². The first-order valence-electron chi connectivity index (χ1n) is 5.79. The van der Waals surface area contributed by atoms with Crippen LogP contribution in [0.15, 0.2) is 23.2 Å². The number of thioether (sulfide) groups is 1. The second kappa shape index (κ2) is 5.91. The van der Waals surface area contributed by atoms with Crippen molar-refractivity contribution in [2.45, 2.75) is 12.7 Å². The molecule has 0 bridgehead atoms. The summed E-state index contributed by atoms with van der Waals surface area (Å²) in [6, 6.07) is 5.53. The Kier molecular flexibility index (Phi) is 4.25. The van der Waals surface area contributed by atoms with Gasteiger partial charge in [0.15, 0.2) is 11.0 Å². The average Bonchev–Trinajstić information content (AvgIpc) is 2.89. The average molecular weight is 264 g/mol.